The van der Waals surface area contributed by atoms with E-state index >= 15 is 0 Å². The maximum atomic E-state index is 12.5. The second kappa shape index (κ2) is 4.38. The number of aromatic nitrogens is 1. The van der Waals surface area contributed by atoms with Crippen LogP contribution in [0.25, 0.3) is 0 Å². The van der Waals surface area contributed by atoms with E-state index in [-0.39, 0.29) is 0 Å². The Kier molecular flexibility index (Phi) is 3.36. The molecule has 1 heterocycles. The minimum absolute atomic E-state index is 0.500. The van der Waals surface area contributed by atoms with E-state index in [1.165, 1.54) is 0 Å². The zero-order valence-corrected chi connectivity index (χ0v) is 8.46. The maximum absolute atomic E-state index is 12.5. The van der Waals surface area contributed by atoms with Gasteiger partial charge in [0, 0.05) is 6.20 Å². The van der Waals surface area contributed by atoms with Crippen molar-refractivity contribution in [2.45, 2.75) is 6.18 Å². The van der Waals surface area contributed by atoms with Gasteiger partial charge in [-0.05, 0) is 6.07 Å². The summed E-state index contributed by atoms with van der Waals surface area (Å²) in [6, 6.07) is 0.727. The summed E-state index contributed by atoms with van der Waals surface area (Å²) in [7, 11) is 2.07. The standard InChI is InChI=1S/C9H8F3NO3/c1-15-7-5(9(10,11)12)3-4-13-6(7)8(14)16-2/h3-4H,1-2H3. The Morgan fingerprint density at radius 2 is 2.00 bits per heavy atom. The van der Waals surface area contributed by atoms with Gasteiger partial charge < -0.3 is 9.47 Å². The van der Waals surface area contributed by atoms with Gasteiger partial charge in [0.25, 0.3) is 0 Å². The molecule has 0 saturated heterocycles. The summed E-state index contributed by atoms with van der Waals surface area (Å²) in [6.07, 6.45) is -3.74. The van der Waals surface area contributed by atoms with Gasteiger partial charge in [-0.15, -0.1) is 0 Å². The number of nitrogens with zero attached hydrogens (tertiary/aromatic N) is 1. The van der Waals surface area contributed by atoms with E-state index < -0.39 is 29.2 Å². The molecule has 0 atom stereocenters. The van der Waals surface area contributed by atoms with Gasteiger partial charge in [-0.25, -0.2) is 9.78 Å². The Labute approximate surface area is 89.0 Å². The molecule has 0 amide bonds. The molecule has 0 radical (unpaired) electrons. The molecular formula is C9H8F3NO3. The third-order valence-corrected chi connectivity index (χ3v) is 1.79. The SMILES string of the molecule is COC(=O)c1nccc(C(F)(F)F)c1OC. The highest BCUT2D eigenvalue weighted by atomic mass is 19.4. The van der Waals surface area contributed by atoms with Gasteiger partial charge in [-0.3, -0.25) is 0 Å². The molecule has 0 unspecified atom stereocenters. The summed E-state index contributed by atoms with van der Waals surface area (Å²) in [5, 5.41) is 0. The van der Waals surface area contributed by atoms with Crippen LogP contribution >= 0.6 is 0 Å². The molecule has 1 aromatic rings. The monoisotopic (exact) mass is 235 g/mol. The lowest BCUT2D eigenvalue weighted by Crippen LogP contribution is -2.13. The third kappa shape index (κ3) is 2.23. The quantitative estimate of drug-likeness (QED) is 0.734. The van der Waals surface area contributed by atoms with Gasteiger partial charge >= 0.3 is 12.1 Å². The summed E-state index contributed by atoms with van der Waals surface area (Å²) in [5.41, 5.74) is -1.56. The van der Waals surface area contributed by atoms with Crippen molar-refractivity contribution in [2.24, 2.45) is 0 Å². The highest BCUT2D eigenvalue weighted by molar-refractivity contribution is 5.90. The Bertz CT molecular complexity index is 403. The van der Waals surface area contributed by atoms with Crippen molar-refractivity contribution in [3.63, 3.8) is 0 Å². The van der Waals surface area contributed by atoms with Crippen molar-refractivity contribution >= 4 is 5.97 Å². The number of halogens is 3. The summed E-state index contributed by atoms with van der Waals surface area (Å²) in [4.78, 5) is 14.6. The molecule has 0 saturated carbocycles. The lowest BCUT2D eigenvalue weighted by Gasteiger charge is -2.13. The summed E-state index contributed by atoms with van der Waals surface area (Å²) >= 11 is 0. The average Bonchev–Trinajstić information content (AvgIpc) is 2.25. The van der Waals surface area contributed by atoms with E-state index in [2.05, 4.69) is 14.5 Å². The van der Waals surface area contributed by atoms with Crippen LogP contribution in [0.15, 0.2) is 12.3 Å². The predicted molar refractivity (Wildman–Crippen MR) is 47.1 cm³/mol. The highest BCUT2D eigenvalue weighted by Crippen LogP contribution is 2.37. The van der Waals surface area contributed by atoms with E-state index in [0.717, 1.165) is 26.5 Å². The van der Waals surface area contributed by atoms with Gasteiger partial charge in [0.1, 0.15) is 5.56 Å². The van der Waals surface area contributed by atoms with Crippen molar-refractivity contribution < 1.29 is 27.4 Å². The van der Waals surface area contributed by atoms with Gasteiger partial charge in [0.05, 0.1) is 14.2 Å². The lowest BCUT2D eigenvalue weighted by atomic mass is 10.2. The maximum Gasteiger partial charge on any atom is 0.420 e. The molecule has 0 bridgehead atoms. The molecule has 0 aliphatic heterocycles. The van der Waals surface area contributed by atoms with E-state index in [0.29, 0.717) is 0 Å². The smallest absolute Gasteiger partial charge is 0.420 e. The molecule has 0 fully saturated rings. The Balaban J connectivity index is 3.38. The van der Waals surface area contributed by atoms with Crippen LogP contribution in [0.4, 0.5) is 13.2 Å². The third-order valence-electron chi connectivity index (χ3n) is 1.79. The minimum atomic E-state index is -4.61. The number of pyridine rings is 1. The summed E-state index contributed by atoms with van der Waals surface area (Å²) in [5.74, 6) is -1.62. The number of ether oxygens (including phenoxy) is 2. The van der Waals surface area contributed by atoms with Crippen LogP contribution in [0.5, 0.6) is 5.75 Å². The van der Waals surface area contributed by atoms with Gasteiger partial charge in [0.2, 0.25) is 0 Å². The summed E-state index contributed by atoms with van der Waals surface area (Å²) in [6.45, 7) is 0. The number of methoxy groups -OCH3 is 2. The normalized spacial score (nSPS) is 11.1. The highest BCUT2D eigenvalue weighted by Gasteiger charge is 2.36. The van der Waals surface area contributed by atoms with Gasteiger partial charge in [-0.2, -0.15) is 13.2 Å². The van der Waals surface area contributed by atoms with E-state index in [1.807, 2.05) is 0 Å². The fourth-order valence-corrected chi connectivity index (χ4v) is 1.12. The predicted octanol–water partition coefficient (Wildman–Crippen LogP) is 1.90. The molecule has 0 aliphatic rings. The number of carbonyl (C=O) groups is 1. The first-order valence-electron chi connectivity index (χ1n) is 4.10. The topological polar surface area (TPSA) is 48.4 Å². The van der Waals surface area contributed by atoms with Crippen molar-refractivity contribution in [3.8, 4) is 5.75 Å². The molecule has 7 heteroatoms. The molecule has 0 aromatic carbocycles. The molecule has 0 spiro atoms. The Morgan fingerprint density at radius 3 is 2.44 bits per heavy atom. The molecule has 1 rings (SSSR count). The van der Waals surface area contributed by atoms with Crippen LogP contribution in [0.2, 0.25) is 0 Å². The second-order valence-electron chi connectivity index (χ2n) is 2.73. The number of rotatable bonds is 2. The van der Waals surface area contributed by atoms with E-state index in [1.54, 1.807) is 0 Å². The van der Waals surface area contributed by atoms with Crippen LogP contribution in [0.1, 0.15) is 16.1 Å². The van der Waals surface area contributed by atoms with Crippen LogP contribution in [0.3, 0.4) is 0 Å². The van der Waals surface area contributed by atoms with Crippen molar-refractivity contribution in [2.75, 3.05) is 14.2 Å². The van der Waals surface area contributed by atoms with Crippen LogP contribution in [-0.2, 0) is 10.9 Å². The fraction of sp³-hybridized carbons (Fsp3) is 0.333. The van der Waals surface area contributed by atoms with Gasteiger partial charge in [0.15, 0.2) is 11.4 Å². The van der Waals surface area contributed by atoms with Crippen LogP contribution < -0.4 is 4.74 Å². The first-order valence-corrected chi connectivity index (χ1v) is 4.10. The zero-order chi connectivity index (χ0) is 12.3. The lowest BCUT2D eigenvalue weighted by molar-refractivity contribution is -0.138. The number of carbonyl (C=O) groups excluding carboxylic acids is 1. The van der Waals surface area contributed by atoms with Crippen molar-refractivity contribution in [1.82, 2.24) is 4.98 Å². The molecule has 4 nitrogen and oxygen atoms in total. The van der Waals surface area contributed by atoms with Crippen molar-refractivity contribution in [3.05, 3.63) is 23.5 Å². The minimum Gasteiger partial charge on any atom is -0.494 e. The largest absolute Gasteiger partial charge is 0.494 e. The van der Waals surface area contributed by atoms with Crippen LogP contribution in [-0.4, -0.2) is 25.2 Å². The number of hydrogen-bond donors (Lipinski definition) is 0. The molecule has 16 heavy (non-hydrogen) atoms. The zero-order valence-electron chi connectivity index (χ0n) is 8.46. The van der Waals surface area contributed by atoms with Crippen LogP contribution in [0, 0.1) is 0 Å². The van der Waals surface area contributed by atoms with E-state index in [4.69, 9.17) is 0 Å². The number of hydrogen-bond acceptors (Lipinski definition) is 4. The van der Waals surface area contributed by atoms with E-state index in [9.17, 15) is 18.0 Å². The molecular weight excluding hydrogens is 227 g/mol. The molecule has 88 valence electrons. The first kappa shape index (κ1) is 12.3. The van der Waals surface area contributed by atoms with Gasteiger partial charge in [-0.1, -0.05) is 0 Å². The summed E-state index contributed by atoms with van der Waals surface area (Å²) < 4.78 is 46.4. The molecule has 1 aromatic heterocycles. The number of alkyl halides is 3. The van der Waals surface area contributed by atoms with Crippen molar-refractivity contribution in [1.29, 1.82) is 0 Å². The first-order chi connectivity index (χ1) is 7.41. The number of esters is 1. The second-order valence-corrected chi connectivity index (χ2v) is 2.73. The average molecular weight is 235 g/mol. The molecule has 0 aliphatic carbocycles. The Hall–Kier alpha value is -1.79. The molecule has 0 N–H and O–H groups in total. The fourth-order valence-electron chi connectivity index (χ4n) is 1.12. The Morgan fingerprint density at radius 1 is 1.38 bits per heavy atom.